The van der Waals surface area contributed by atoms with Crippen LogP contribution >= 0.6 is 8.03 Å². The Hall–Kier alpha value is 0.0800. The first kappa shape index (κ1) is 13.1. The molecule has 0 aliphatic carbocycles. The molecule has 0 N–H and O–H groups in total. The summed E-state index contributed by atoms with van der Waals surface area (Å²) in [5, 5.41) is 0.357. The molecule has 1 atom stereocenters. The fourth-order valence-electron chi connectivity index (χ4n) is 0.872. The van der Waals surface area contributed by atoms with Crippen LogP contribution in [0.25, 0.3) is 0 Å². The van der Waals surface area contributed by atoms with Gasteiger partial charge >= 0.3 is 37.6 Å². The first-order chi connectivity index (χ1) is 5.61. The number of hydrogen-bond donors (Lipinski definition) is 0. The summed E-state index contributed by atoms with van der Waals surface area (Å²) in [5.74, 6) is 0. The van der Waals surface area contributed by atoms with Crippen LogP contribution in [0.1, 0.15) is 0 Å². The number of nitrogens with zero attached hydrogens (tertiary/aromatic N) is 1. The van der Waals surface area contributed by atoms with Crippen molar-refractivity contribution in [2.45, 2.75) is 0 Å². The molecule has 0 saturated carbocycles. The molecule has 1 aromatic carbocycles. The summed E-state index contributed by atoms with van der Waals surface area (Å²) in [7, 11) is 1.37. The van der Waals surface area contributed by atoms with Gasteiger partial charge in [-0.2, -0.15) is 0 Å². The topological polar surface area (TPSA) is 43.4 Å². The average Bonchev–Trinajstić information content (AvgIpc) is 2.04. The molecule has 0 saturated heterocycles. The maximum absolute atomic E-state index is 10.5. The van der Waals surface area contributed by atoms with Gasteiger partial charge in [0, 0.05) is 19.8 Å². The minimum absolute atomic E-state index is 0. The van der Waals surface area contributed by atoms with E-state index >= 15 is 0 Å². The van der Waals surface area contributed by atoms with Gasteiger partial charge in [-0.15, -0.1) is 0 Å². The van der Waals surface area contributed by atoms with E-state index in [1.165, 1.54) is 0 Å². The molecule has 0 bridgehead atoms. The zero-order valence-electron chi connectivity index (χ0n) is 8.02. The summed E-state index contributed by atoms with van der Waals surface area (Å²) in [6.07, 6.45) is 0. The molecule has 0 radical (unpaired) electrons. The van der Waals surface area contributed by atoms with Crippen molar-refractivity contribution in [3.8, 4) is 0 Å². The molecular formula is C8H10NNaO2P+. The van der Waals surface area contributed by atoms with Gasteiger partial charge < -0.3 is 9.79 Å². The Balaban J connectivity index is 0.00000144. The molecule has 3 nitrogen and oxygen atoms in total. The maximum atomic E-state index is 10.5. The predicted molar refractivity (Wildman–Crippen MR) is 48.0 cm³/mol. The van der Waals surface area contributed by atoms with E-state index in [2.05, 4.69) is 0 Å². The first-order valence-corrected chi connectivity index (χ1v) is 4.71. The van der Waals surface area contributed by atoms with E-state index in [4.69, 9.17) is 0 Å². The number of hydrogen-bond acceptors (Lipinski definition) is 3. The fraction of sp³-hybridized carbons (Fsp3) is 0.250. The van der Waals surface area contributed by atoms with Crippen molar-refractivity contribution in [1.82, 2.24) is 0 Å². The smallest absolute Gasteiger partial charge is 0.591 e. The molecule has 0 heterocycles. The Labute approximate surface area is 101 Å². The summed E-state index contributed by atoms with van der Waals surface area (Å²) in [6, 6.07) is 6.75. The molecule has 0 spiro atoms. The zero-order valence-corrected chi connectivity index (χ0v) is 10.9. The Morgan fingerprint density at radius 3 is 2.00 bits per heavy atom. The van der Waals surface area contributed by atoms with Crippen molar-refractivity contribution >= 4 is 19.0 Å². The summed E-state index contributed by atoms with van der Waals surface area (Å²) < 4.78 is 10.5. The van der Waals surface area contributed by atoms with E-state index in [0.717, 1.165) is 5.69 Å². The Morgan fingerprint density at radius 2 is 1.69 bits per heavy atom. The van der Waals surface area contributed by atoms with Crippen LogP contribution in [-0.4, -0.2) is 14.1 Å². The van der Waals surface area contributed by atoms with Crippen LogP contribution in [0.15, 0.2) is 24.3 Å². The van der Waals surface area contributed by atoms with Crippen molar-refractivity contribution < 1.29 is 39.0 Å². The Bertz CT molecular complexity index is 287. The minimum atomic E-state index is -2.45. The quantitative estimate of drug-likeness (QED) is 0.396. The number of benzene rings is 1. The number of rotatable bonds is 2. The summed E-state index contributed by atoms with van der Waals surface area (Å²) in [4.78, 5) is 12.4. The van der Waals surface area contributed by atoms with Crippen molar-refractivity contribution in [2.24, 2.45) is 0 Å². The standard InChI is InChI=1S/C8H10NO2P.Na/c1-9(2)7-3-5-8(6-4-7)12(10)11;/h3-6H,1-2H3;/q;+1. The van der Waals surface area contributed by atoms with E-state index in [9.17, 15) is 9.46 Å². The van der Waals surface area contributed by atoms with Gasteiger partial charge in [0.2, 0.25) is 0 Å². The van der Waals surface area contributed by atoms with Crippen molar-refractivity contribution in [2.75, 3.05) is 19.0 Å². The van der Waals surface area contributed by atoms with Gasteiger partial charge in [-0.25, -0.2) is 0 Å². The van der Waals surface area contributed by atoms with Gasteiger partial charge in [0.05, 0.1) is 0 Å². The fourth-order valence-corrected chi connectivity index (χ4v) is 1.26. The van der Waals surface area contributed by atoms with Crippen LogP contribution in [-0.2, 0) is 4.57 Å². The predicted octanol–water partition coefficient (Wildman–Crippen LogP) is -2.52. The van der Waals surface area contributed by atoms with Crippen LogP contribution in [0.2, 0.25) is 0 Å². The monoisotopic (exact) mass is 206 g/mol. The third kappa shape index (κ3) is 3.75. The SMILES string of the molecule is CN(C)c1ccc([P+](=O)[O-])cc1.[Na+]. The van der Waals surface area contributed by atoms with Crippen molar-refractivity contribution in [3.05, 3.63) is 24.3 Å². The van der Waals surface area contributed by atoms with Gasteiger partial charge in [0.25, 0.3) is 0 Å². The van der Waals surface area contributed by atoms with Gasteiger partial charge in [0.15, 0.2) is 5.30 Å². The average molecular weight is 206 g/mol. The molecular weight excluding hydrogens is 196 g/mol. The van der Waals surface area contributed by atoms with E-state index < -0.39 is 8.03 Å². The molecule has 64 valence electrons. The second kappa shape index (κ2) is 5.74. The van der Waals surface area contributed by atoms with Crippen LogP contribution in [0.5, 0.6) is 0 Å². The van der Waals surface area contributed by atoms with Gasteiger partial charge in [0.1, 0.15) is 0 Å². The van der Waals surface area contributed by atoms with Gasteiger partial charge in [-0.05, 0) is 24.3 Å². The Kier molecular flexibility index (Phi) is 5.77. The van der Waals surface area contributed by atoms with E-state index in [1.54, 1.807) is 24.3 Å². The Morgan fingerprint density at radius 1 is 1.23 bits per heavy atom. The summed E-state index contributed by atoms with van der Waals surface area (Å²) >= 11 is 0. The molecule has 1 unspecified atom stereocenters. The van der Waals surface area contributed by atoms with Gasteiger partial charge in [-0.3, -0.25) is 0 Å². The molecule has 0 aromatic heterocycles. The third-order valence-corrected chi connectivity index (χ3v) is 2.30. The van der Waals surface area contributed by atoms with Crippen LogP contribution in [0.3, 0.4) is 0 Å². The second-order valence-electron chi connectivity index (χ2n) is 2.67. The molecule has 0 fully saturated rings. The second-order valence-corrected chi connectivity index (χ2v) is 3.70. The third-order valence-electron chi connectivity index (χ3n) is 1.58. The molecule has 5 heteroatoms. The molecule has 0 aliphatic heterocycles. The van der Waals surface area contributed by atoms with E-state index in [-0.39, 0.29) is 29.6 Å². The summed E-state index contributed by atoms with van der Waals surface area (Å²) in [6.45, 7) is 0. The zero-order chi connectivity index (χ0) is 9.14. The molecule has 0 aliphatic rings. The van der Waals surface area contributed by atoms with E-state index in [0.29, 0.717) is 5.30 Å². The van der Waals surface area contributed by atoms with Crippen molar-refractivity contribution in [3.63, 3.8) is 0 Å². The largest absolute Gasteiger partial charge is 1.00 e. The molecule has 0 amide bonds. The molecule has 1 rings (SSSR count). The van der Waals surface area contributed by atoms with Crippen LogP contribution in [0, 0.1) is 0 Å². The normalized spacial score (nSPS) is 10.2. The van der Waals surface area contributed by atoms with Gasteiger partial charge in [-0.1, -0.05) is 4.57 Å². The first-order valence-electron chi connectivity index (χ1n) is 3.53. The maximum Gasteiger partial charge on any atom is 1.00 e. The number of anilines is 1. The minimum Gasteiger partial charge on any atom is -0.591 e. The van der Waals surface area contributed by atoms with Crippen molar-refractivity contribution in [1.29, 1.82) is 0 Å². The molecule has 1 aromatic rings. The van der Waals surface area contributed by atoms with E-state index in [1.807, 2.05) is 19.0 Å². The molecule has 13 heavy (non-hydrogen) atoms. The van der Waals surface area contributed by atoms with Crippen LogP contribution in [0.4, 0.5) is 5.69 Å². The van der Waals surface area contributed by atoms with Crippen LogP contribution < -0.4 is 44.7 Å². The summed E-state index contributed by atoms with van der Waals surface area (Å²) in [5.41, 5.74) is 0.996.